The lowest BCUT2D eigenvalue weighted by molar-refractivity contribution is -0.144. The Morgan fingerprint density at radius 2 is 1.72 bits per heavy atom. The summed E-state index contributed by atoms with van der Waals surface area (Å²) in [6.45, 7) is 1.08. The van der Waals surface area contributed by atoms with E-state index in [1.54, 1.807) is 0 Å². The molecule has 0 aromatic heterocycles. The lowest BCUT2D eigenvalue weighted by Crippen LogP contribution is -2.57. The molecule has 0 heterocycles. The second-order valence-corrected chi connectivity index (χ2v) is 12.8. The topological polar surface area (TPSA) is 161 Å². The SMILES string of the molecule is NC(=O)C1=C(O)C[C@@H]2CC3Cc4c(F)c(CN(CC5CC5)C5Cc6ccccc6C5)cc(O)c4C(=O)C3=C(O)[C@]2(O)C1=O. The highest BCUT2D eigenvalue weighted by Crippen LogP contribution is 2.52. The molecule has 43 heavy (non-hydrogen) atoms. The molecule has 5 aliphatic rings. The van der Waals surface area contributed by atoms with Crippen molar-refractivity contribution in [2.75, 3.05) is 6.54 Å². The minimum absolute atomic E-state index is 0.0350. The number of hydrogen-bond donors (Lipinski definition) is 5. The van der Waals surface area contributed by atoms with Crippen LogP contribution in [0.25, 0.3) is 0 Å². The summed E-state index contributed by atoms with van der Waals surface area (Å²) >= 11 is 0. The fraction of sp³-hybridized carbons (Fsp3) is 0.424. The number of rotatable bonds is 6. The van der Waals surface area contributed by atoms with Gasteiger partial charge in [-0.3, -0.25) is 19.3 Å². The van der Waals surface area contributed by atoms with Gasteiger partial charge in [0.05, 0.1) is 5.56 Å². The predicted molar refractivity (Wildman–Crippen MR) is 152 cm³/mol. The van der Waals surface area contributed by atoms with Crippen LogP contribution in [0.15, 0.2) is 53.0 Å². The van der Waals surface area contributed by atoms with Crippen LogP contribution in [-0.4, -0.2) is 61.0 Å². The van der Waals surface area contributed by atoms with Crippen LogP contribution in [0.2, 0.25) is 0 Å². The zero-order chi connectivity index (χ0) is 30.4. The molecule has 9 nitrogen and oxygen atoms in total. The third-order valence-electron chi connectivity index (χ3n) is 10.2. The van der Waals surface area contributed by atoms with Crippen molar-refractivity contribution in [1.82, 2.24) is 4.90 Å². The monoisotopic (exact) mass is 588 g/mol. The van der Waals surface area contributed by atoms with E-state index in [9.17, 15) is 34.8 Å². The standard InChI is InChI=1S/C33H33FN2O7/c34-28-19(14-36(13-15-5-6-15)21-8-16-3-1-2-4-17(16)9-21)11-23(37)26-22(28)10-18-7-20-12-24(38)27(32(35)42)31(41)33(20,43)30(40)25(18)29(26)39/h1-4,11,15,18,20-21,37-38,40,43H,5-10,12-14H2,(H2,35,42)/t18?,20-,33-/m0/s1. The third kappa shape index (κ3) is 4.22. The molecule has 0 bridgehead atoms. The van der Waals surface area contributed by atoms with Crippen molar-refractivity contribution in [1.29, 1.82) is 0 Å². The van der Waals surface area contributed by atoms with Crippen molar-refractivity contribution in [3.63, 3.8) is 0 Å². The highest BCUT2D eigenvalue weighted by molar-refractivity contribution is 6.24. The quantitative estimate of drug-likeness (QED) is 0.322. The van der Waals surface area contributed by atoms with Crippen LogP contribution in [0.1, 0.15) is 58.3 Å². The summed E-state index contributed by atoms with van der Waals surface area (Å²) in [6.07, 6.45) is 3.55. The maximum atomic E-state index is 16.3. The van der Waals surface area contributed by atoms with Gasteiger partial charge in [-0.1, -0.05) is 24.3 Å². The average molecular weight is 589 g/mol. The van der Waals surface area contributed by atoms with Crippen LogP contribution in [0, 0.1) is 23.6 Å². The maximum Gasteiger partial charge on any atom is 0.255 e. The van der Waals surface area contributed by atoms with E-state index in [2.05, 4.69) is 17.0 Å². The Labute approximate surface area is 247 Å². The molecular formula is C33H33FN2O7. The van der Waals surface area contributed by atoms with E-state index in [-0.39, 0.29) is 54.1 Å². The second-order valence-electron chi connectivity index (χ2n) is 12.8. The molecule has 0 saturated heterocycles. The molecule has 5 aliphatic carbocycles. The number of carbonyl (C=O) groups is 3. The summed E-state index contributed by atoms with van der Waals surface area (Å²) in [6, 6.07) is 9.75. The van der Waals surface area contributed by atoms with Crippen molar-refractivity contribution < 1.29 is 39.2 Å². The molecule has 0 radical (unpaired) electrons. The van der Waals surface area contributed by atoms with Gasteiger partial charge >= 0.3 is 0 Å². The van der Waals surface area contributed by atoms with Crippen molar-refractivity contribution in [3.8, 4) is 5.75 Å². The third-order valence-corrected chi connectivity index (χ3v) is 10.2. The van der Waals surface area contributed by atoms with E-state index in [0.717, 1.165) is 32.2 Å². The van der Waals surface area contributed by atoms with Gasteiger partial charge in [0.25, 0.3) is 5.91 Å². The first-order chi connectivity index (χ1) is 20.5. The number of primary amides is 1. The van der Waals surface area contributed by atoms with E-state index in [1.807, 2.05) is 12.1 Å². The number of nitrogens with two attached hydrogens (primary N) is 1. The Bertz CT molecular complexity index is 1650. The van der Waals surface area contributed by atoms with E-state index < -0.39 is 63.6 Å². The largest absolute Gasteiger partial charge is 0.511 e. The molecule has 6 N–H and O–H groups in total. The van der Waals surface area contributed by atoms with Crippen LogP contribution in [0.5, 0.6) is 5.75 Å². The Kier molecular flexibility index (Phi) is 6.30. The smallest absolute Gasteiger partial charge is 0.255 e. The highest BCUT2D eigenvalue weighted by atomic mass is 19.1. The number of Topliss-reactive ketones (excluding diaryl/α,β-unsaturated/α-hetero) is 2. The zero-order valence-electron chi connectivity index (χ0n) is 23.5. The second kappa shape index (κ2) is 9.75. The number of benzene rings is 2. The van der Waals surface area contributed by atoms with Crippen LogP contribution in [-0.2, 0) is 35.4 Å². The van der Waals surface area contributed by atoms with Gasteiger partial charge in [-0.05, 0) is 67.6 Å². The minimum atomic E-state index is -2.65. The van der Waals surface area contributed by atoms with Crippen molar-refractivity contribution in [2.45, 2.75) is 63.1 Å². The van der Waals surface area contributed by atoms with Gasteiger partial charge in [-0.15, -0.1) is 0 Å². The first-order valence-corrected chi connectivity index (χ1v) is 14.8. The molecule has 10 heteroatoms. The van der Waals surface area contributed by atoms with Crippen LogP contribution in [0.4, 0.5) is 4.39 Å². The maximum absolute atomic E-state index is 16.3. The highest BCUT2D eigenvalue weighted by Gasteiger charge is 2.59. The van der Waals surface area contributed by atoms with Gasteiger partial charge in [0.15, 0.2) is 11.4 Å². The normalized spacial score (nSPS) is 26.9. The number of nitrogens with zero attached hydrogens (tertiary/aromatic N) is 1. The first kappa shape index (κ1) is 27.8. The number of amides is 1. The van der Waals surface area contributed by atoms with Crippen LogP contribution < -0.4 is 5.73 Å². The van der Waals surface area contributed by atoms with Gasteiger partial charge < -0.3 is 26.2 Å². The number of phenols is 1. The number of phenolic OH excluding ortho intramolecular Hbond substituents is 1. The molecular weight excluding hydrogens is 555 g/mol. The van der Waals surface area contributed by atoms with E-state index in [4.69, 9.17) is 5.73 Å². The molecule has 2 aromatic carbocycles. The van der Waals surface area contributed by atoms with Gasteiger partial charge in [0.2, 0.25) is 5.78 Å². The van der Waals surface area contributed by atoms with Crippen molar-refractivity contribution in [2.24, 2.45) is 23.5 Å². The molecule has 1 unspecified atom stereocenters. The number of carbonyl (C=O) groups excluding carboxylic acids is 3. The number of hydrogen-bond acceptors (Lipinski definition) is 8. The minimum Gasteiger partial charge on any atom is -0.511 e. The number of ketones is 2. The number of fused-ring (bicyclic) bond motifs is 4. The summed E-state index contributed by atoms with van der Waals surface area (Å²) in [5, 5.41) is 44.0. The number of allylic oxidation sites excluding steroid dienone is 2. The summed E-state index contributed by atoms with van der Waals surface area (Å²) in [4.78, 5) is 41.0. The molecule has 0 aliphatic heterocycles. The number of aromatic hydroxyl groups is 1. The Morgan fingerprint density at radius 3 is 2.35 bits per heavy atom. The summed E-state index contributed by atoms with van der Waals surface area (Å²) in [5.41, 5.74) is 4.05. The number of halogens is 1. The molecule has 1 saturated carbocycles. The molecule has 0 spiro atoms. The zero-order valence-corrected chi connectivity index (χ0v) is 23.5. The van der Waals surface area contributed by atoms with Crippen molar-refractivity contribution >= 4 is 17.5 Å². The van der Waals surface area contributed by atoms with Crippen LogP contribution in [0.3, 0.4) is 0 Å². The van der Waals surface area contributed by atoms with Gasteiger partial charge in [-0.25, -0.2) is 4.39 Å². The van der Waals surface area contributed by atoms with Crippen LogP contribution >= 0.6 is 0 Å². The molecule has 3 atom stereocenters. The first-order valence-electron chi connectivity index (χ1n) is 14.8. The number of aliphatic hydroxyl groups excluding tert-OH is 2. The summed E-state index contributed by atoms with van der Waals surface area (Å²) in [7, 11) is 0. The summed E-state index contributed by atoms with van der Waals surface area (Å²) < 4.78 is 16.3. The van der Waals surface area contributed by atoms with Gasteiger partial charge in [0.1, 0.15) is 28.7 Å². The summed E-state index contributed by atoms with van der Waals surface area (Å²) in [5.74, 6) is -7.29. The molecule has 7 rings (SSSR count). The predicted octanol–water partition coefficient (Wildman–Crippen LogP) is 3.10. The van der Waals surface area contributed by atoms with E-state index in [1.165, 1.54) is 17.2 Å². The molecule has 1 amide bonds. The van der Waals surface area contributed by atoms with E-state index in [0.29, 0.717) is 5.92 Å². The van der Waals surface area contributed by atoms with Gasteiger partial charge in [0, 0.05) is 48.2 Å². The Balaban J connectivity index is 1.23. The number of aliphatic hydroxyl groups is 3. The Hall–Kier alpha value is -4.02. The van der Waals surface area contributed by atoms with Crippen molar-refractivity contribution in [3.05, 3.63) is 86.6 Å². The molecule has 224 valence electrons. The molecule has 2 aromatic rings. The van der Waals surface area contributed by atoms with Gasteiger partial charge in [-0.2, -0.15) is 0 Å². The fourth-order valence-corrected chi connectivity index (χ4v) is 7.82. The Morgan fingerprint density at radius 1 is 1.05 bits per heavy atom. The lowest BCUT2D eigenvalue weighted by atomic mass is 9.60. The van der Waals surface area contributed by atoms with E-state index >= 15 is 4.39 Å². The molecule has 1 fully saturated rings. The lowest BCUT2D eigenvalue weighted by Gasteiger charge is -2.45. The fourth-order valence-electron chi connectivity index (χ4n) is 7.82. The average Bonchev–Trinajstić information content (AvgIpc) is 3.67.